The van der Waals surface area contributed by atoms with Gasteiger partial charge >= 0.3 is 11.9 Å². The predicted molar refractivity (Wildman–Crippen MR) is 106 cm³/mol. The molecule has 3 rings (SSSR count). The largest absolute Gasteiger partial charge is 0.476 e. The molecule has 0 amide bonds. The van der Waals surface area contributed by atoms with Gasteiger partial charge in [-0.05, 0) is 26.0 Å². The highest BCUT2D eigenvalue weighted by molar-refractivity contribution is 6.30. The zero-order chi connectivity index (χ0) is 20.3. The van der Waals surface area contributed by atoms with E-state index in [4.69, 9.17) is 16.3 Å². The van der Waals surface area contributed by atoms with E-state index < -0.39 is 17.6 Å². The zero-order valence-electron chi connectivity index (χ0n) is 15.3. The molecule has 0 saturated heterocycles. The molecule has 0 atom stereocenters. The minimum absolute atomic E-state index is 0.0928. The van der Waals surface area contributed by atoms with Crippen LogP contribution in [0, 0.1) is 6.92 Å². The first-order valence-corrected chi connectivity index (χ1v) is 8.94. The SMILES string of the molecule is CCOC(=O)c1nc(-c2ccc(Cl)cc2)c(-c2ccc(C)cc2)nc1C(=O)O. The van der Waals surface area contributed by atoms with Gasteiger partial charge in [-0.1, -0.05) is 53.6 Å². The molecule has 28 heavy (non-hydrogen) atoms. The van der Waals surface area contributed by atoms with Crippen LogP contribution >= 0.6 is 11.6 Å². The van der Waals surface area contributed by atoms with Crippen molar-refractivity contribution in [3.05, 3.63) is 70.5 Å². The van der Waals surface area contributed by atoms with Crippen molar-refractivity contribution in [2.45, 2.75) is 13.8 Å². The Kier molecular flexibility index (Phi) is 5.70. The normalized spacial score (nSPS) is 10.5. The summed E-state index contributed by atoms with van der Waals surface area (Å²) >= 11 is 5.98. The van der Waals surface area contributed by atoms with Gasteiger partial charge in [-0.25, -0.2) is 19.6 Å². The van der Waals surface area contributed by atoms with Crippen LogP contribution in [0.3, 0.4) is 0 Å². The molecule has 142 valence electrons. The van der Waals surface area contributed by atoms with Gasteiger partial charge in [0, 0.05) is 16.1 Å². The monoisotopic (exact) mass is 396 g/mol. The molecule has 0 aliphatic carbocycles. The molecular formula is C21H17ClN2O4. The molecule has 1 N–H and O–H groups in total. The van der Waals surface area contributed by atoms with E-state index in [9.17, 15) is 14.7 Å². The minimum atomic E-state index is -1.36. The fourth-order valence-electron chi connectivity index (χ4n) is 2.65. The van der Waals surface area contributed by atoms with Crippen LogP contribution in [0.2, 0.25) is 5.02 Å². The molecule has 0 aliphatic rings. The van der Waals surface area contributed by atoms with Crippen molar-refractivity contribution in [3.63, 3.8) is 0 Å². The Labute approximate surface area is 166 Å². The third kappa shape index (κ3) is 4.02. The summed E-state index contributed by atoms with van der Waals surface area (Å²) in [6.45, 7) is 3.67. The van der Waals surface area contributed by atoms with E-state index in [2.05, 4.69) is 9.97 Å². The van der Waals surface area contributed by atoms with Crippen molar-refractivity contribution in [2.75, 3.05) is 6.61 Å². The number of nitrogens with zero attached hydrogens (tertiary/aromatic N) is 2. The van der Waals surface area contributed by atoms with E-state index >= 15 is 0 Å². The number of aromatic carboxylic acids is 1. The van der Waals surface area contributed by atoms with Gasteiger partial charge in [0.15, 0.2) is 11.4 Å². The topological polar surface area (TPSA) is 89.4 Å². The quantitative estimate of drug-likeness (QED) is 0.631. The van der Waals surface area contributed by atoms with Gasteiger partial charge < -0.3 is 9.84 Å². The number of aryl methyl sites for hydroxylation is 1. The van der Waals surface area contributed by atoms with Crippen molar-refractivity contribution in [1.82, 2.24) is 9.97 Å². The summed E-state index contributed by atoms with van der Waals surface area (Å²) < 4.78 is 4.96. The van der Waals surface area contributed by atoms with Crippen LogP contribution in [0.4, 0.5) is 0 Å². The molecule has 7 heteroatoms. The molecular weight excluding hydrogens is 380 g/mol. The molecule has 1 aromatic heterocycles. The van der Waals surface area contributed by atoms with Crippen LogP contribution in [0.1, 0.15) is 33.5 Å². The third-order valence-electron chi connectivity index (χ3n) is 4.01. The second kappa shape index (κ2) is 8.19. The lowest BCUT2D eigenvalue weighted by atomic mass is 10.0. The number of aromatic nitrogens is 2. The highest BCUT2D eigenvalue weighted by atomic mass is 35.5. The fraction of sp³-hybridized carbons (Fsp3) is 0.143. The second-order valence-corrected chi connectivity index (χ2v) is 6.45. The second-order valence-electron chi connectivity index (χ2n) is 6.02. The molecule has 0 radical (unpaired) electrons. The molecule has 6 nitrogen and oxygen atoms in total. The first-order chi connectivity index (χ1) is 13.4. The Hall–Kier alpha value is -3.25. The lowest BCUT2D eigenvalue weighted by Crippen LogP contribution is -2.17. The first kappa shape index (κ1) is 19.5. The predicted octanol–water partition coefficient (Wildman–Crippen LogP) is 4.65. The number of carbonyl (C=O) groups is 2. The van der Waals surface area contributed by atoms with E-state index in [1.165, 1.54) is 0 Å². The van der Waals surface area contributed by atoms with Crippen LogP contribution in [-0.2, 0) is 4.74 Å². The number of hydrogen-bond donors (Lipinski definition) is 1. The molecule has 3 aromatic rings. The Bertz CT molecular complexity index is 1030. The third-order valence-corrected chi connectivity index (χ3v) is 4.26. The smallest absolute Gasteiger partial charge is 0.359 e. The Morgan fingerprint density at radius 3 is 1.93 bits per heavy atom. The van der Waals surface area contributed by atoms with Gasteiger partial charge in [0.25, 0.3) is 0 Å². The Morgan fingerprint density at radius 2 is 1.43 bits per heavy atom. The summed E-state index contributed by atoms with van der Waals surface area (Å²) in [5.41, 5.74) is 2.31. The van der Waals surface area contributed by atoms with Gasteiger partial charge in [0.1, 0.15) is 0 Å². The highest BCUT2D eigenvalue weighted by Crippen LogP contribution is 2.31. The summed E-state index contributed by atoms with van der Waals surface area (Å²) in [4.78, 5) is 32.7. The van der Waals surface area contributed by atoms with Crippen molar-refractivity contribution in [1.29, 1.82) is 0 Å². The van der Waals surface area contributed by atoms with Crippen molar-refractivity contribution < 1.29 is 19.4 Å². The van der Waals surface area contributed by atoms with Gasteiger partial charge in [0.2, 0.25) is 0 Å². The average molecular weight is 397 g/mol. The van der Waals surface area contributed by atoms with E-state index in [-0.39, 0.29) is 12.3 Å². The number of benzene rings is 2. The molecule has 0 fully saturated rings. The maximum absolute atomic E-state index is 12.3. The molecule has 0 bridgehead atoms. The highest BCUT2D eigenvalue weighted by Gasteiger charge is 2.26. The lowest BCUT2D eigenvalue weighted by molar-refractivity contribution is 0.0505. The summed E-state index contributed by atoms with van der Waals surface area (Å²) in [6.07, 6.45) is 0. The van der Waals surface area contributed by atoms with Crippen molar-refractivity contribution in [3.8, 4) is 22.5 Å². The zero-order valence-corrected chi connectivity index (χ0v) is 16.0. The molecule has 0 unspecified atom stereocenters. The van der Waals surface area contributed by atoms with E-state index in [1.54, 1.807) is 31.2 Å². The van der Waals surface area contributed by atoms with Crippen LogP contribution in [0.5, 0.6) is 0 Å². The van der Waals surface area contributed by atoms with Gasteiger partial charge in [-0.15, -0.1) is 0 Å². The van der Waals surface area contributed by atoms with Crippen LogP contribution in [0.15, 0.2) is 48.5 Å². The molecule has 0 saturated carbocycles. The first-order valence-electron chi connectivity index (χ1n) is 8.56. The molecule has 1 heterocycles. The van der Waals surface area contributed by atoms with Crippen LogP contribution in [-0.4, -0.2) is 33.6 Å². The number of esters is 1. The van der Waals surface area contributed by atoms with Gasteiger partial charge in [0.05, 0.1) is 18.0 Å². The van der Waals surface area contributed by atoms with E-state index in [0.29, 0.717) is 27.5 Å². The summed E-state index contributed by atoms with van der Waals surface area (Å²) in [5, 5.41) is 10.1. The molecule has 0 aliphatic heterocycles. The summed E-state index contributed by atoms with van der Waals surface area (Å²) in [6, 6.07) is 14.3. The van der Waals surface area contributed by atoms with Crippen LogP contribution < -0.4 is 0 Å². The average Bonchev–Trinajstić information content (AvgIpc) is 2.68. The van der Waals surface area contributed by atoms with Crippen molar-refractivity contribution >= 4 is 23.5 Å². The summed E-state index contributed by atoms with van der Waals surface area (Å²) in [7, 11) is 0. The fourth-order valence-corrected chi connectivity index (χ4v) is 2.77. The number of carboxylic acids is 1. The number of carbonyl (C=O) groups excluding carboxylic acids is 1. The Morgan fingerprint density at radius 1 is 0.929 bits per heavy atom. The van der Waals surface area contributed by atoms with Crippen molar-refractivity contribution in [2.24, 2.45) is 0 Å². The molecule has 0 spiro atoms. The van der Waals surface area contributed by atoms with Crippen LogP contribution in [0.25, 0.3) is 22.5 Å². The maximum atomic E-state index is 12.3. The van der Waals surface area contributed by atoms with Gasteiger partial charge in [-0.3, -0.25) is 0 Å². The minimum Gasteiger partial charge on any atom is -0.476 e. The van der Waals surface area contributed by atoms with E-state index in [1.807, 2.05) is 31.2 Å². The lowest BCUT2D eigenvalue weighted by Gasteiger charge is -2.13. The Balaban J connectivity index is 2.30. The standard InChI is InChI=1S/C21H17ClN2O4/c1-3-28-21(27)19-18(20(25)26)23-16(13-6-4-12(2)5-7-13)17(24-19)14-8-10-15(22)11-9-14/h4-11H,3H2,1-2H3,(H,25,26). The number of hydrogen-bond acceptors (Lipinski definition) is 5. The molecule has 2 aromatic carbocycles. The maximum Gasteiger partial charge on any atom is 0.359 e. The number of ether oxygens (including phenoxy) is 1. The number of rotatable bonds is 5. The number of halogens is 1. The van der Waals surface area contributed by atoms with Gasteiger partial charge in [-0.2, -0.15) is 0 Å². The number of carboxylic acid groups (broad SMARTS) is 1. The summed E-state index contributed by atoms with van der Waals surface area (Å²) in [5.74, 6) is -2.19. The van der Waals surface area contributed by atoms with E-state index in [0.717, 1.165) is 5.56 Å².